The third kappa shape index (κ3) is 3.57. The minimum absolute atomic E-state index is 0.711. The van der Waals surface area contributed by atoms with Gasteiger partial charge < -0.3 is 10.2 Å². The number of anilines is 2. The molecule has 0 bridgehead atoms. The van der Waals surface area contributed by atoms with Crippen LogP contribution in [-0.4, -0.2) is 19.5 Å². The van der Waals surface area contributed by atoms with E-state index in [2.05, 4.69) is 30.1 Å². The highest BCUT2D eigenvalue weighted by Crippen LogP contribution is 2.19. The van der Waals surface area contributed by atoms with Crippen LogP contribution in [0.2, 0.25) is 0 Å². The van der Waals surface area contributed by atoms with Crippen LogP contribution in [0.1, 0.15) is 26.7 Å². The molecule has 0 spiro atoms. The van der Waals surface area contributed by atoms with E-state index in [1.54, 1.807) is 0 Å². The molecule has 3 nitrogen and oxygen atoms in total. The zero-order chi connectivity index (χ0) is 11.8. The van der Waals surface area contributed by atoms with E-state index in [1.807, 2.05) is 18.2 Å². The van der Waals surface area contributed by atoms with Crippen molar-refractivity contribution in [2.24, 2.45) is 0 Å². The average molecular weight is 220 g/mol. The molecule has 0 fully saturated rings. The van der Waals surface area contributed by atoms with Gasteiger partial charge in [-0.3, -0.25) is 4.79 Å². The molecule has 0 saturated heterocycles. The third-order valence-electron chi connectivity index (χ3n) is 2.42. The fourth-order valence-electron chi connectivity index (χ4n) is 1.77. The van der Waals surface area contributed by atoms with Crippen LogP contribution in [0.5, 0.6) is 0 Å². The topological polar surface area (TPSA) is 32.3 Å². The zero-order valence-corrected chi connectivity index (χ0v) is 10.1. The highest BCUT2D eigenvalue weighted by atomic mass is 16.1. The maximum atomic E-state index is 10.4. The van der Waals surface area contributed by atoms with E-state index in [4.69, 9.17) is 0 Å². The van der Waals surface area contributed by atoms with Crippen LogP contribution >= 0.6 is 0 Å². The van der Waals surface area contributed by atoms with E-state index in [-0.39, 0.29) is 0 Å². The number of hydrogen-bond acceptors (Lipinski definition) is 2. The smallest absolute Gasteiger partial charge is 0.211 e. The van der Waals surface area contributed by atoms with Gasteiger partial charge in [-0.2, -0.15) is 0 Å². The van der Waals surface area contributed by atoms with Crippen molar-refractivity contribution in [1.82, 2.24) is 0 Å². The van der Waals surface area contributed by atoms with Gasteiger partial charge in [0.25, 0.3) is 0 Å². The summed E-state index contributed by atoms with van der Waals surface area (Å²) in [5, 5.41) is 2.68. The fourth-order valence-corrected chi connectivity index (χ4v) is 1.77. The number of rotatable bonds is 7. The summed E-state index contributed by atoms with van der Waals surface area (Å²) in [5.41, 5.74) is 2.03. The first-order chi connectivity index (χ1) is 7.81. The number of benzene rings is 1. The average Bonchev–Trinajstić information content (AvgIpc) is 2.30. The molecule has 0 atom stereocenters. The predicted molar refractivity (Wildman–Crippen MR) is 68.9 cm³/mol. The maximum Gasteiger partial charge on any atom is 0.211 e. The van der Waals surface area contributed by atoms with Crippen molar-refractivity contribution in [2.75, 3.05) is 23.3 Å². The summed E-state index contributed by atoms with van der Waals surface area (Å²) in [6.45, 7) is 6.46. The minimum Gasteiger partial charge on any atom is -0.371 e. The van der Waals surface area contributed by atoms with E-state index in [9.17, 15) is 4.79 Å². The number of carbonyl (C=O) groups excluding carboxylic acids is 1. The highest BCUT2D eigenvalue weighted by molar-refractivity contribution is 5.73. The van der Waals surface area contributed by atoms with Gasteiger partial charge in [-0.05, 0) is 31.0 Å². The van der Waals surface area contributed by atoms with E-state index in [0.717, 1.165) is 31.6 Å². The van der Waals surface area contributed by atoms with Crippen molar-refractivity contribution in [3.05, 3.63) is 24.3 Å². The summed E-state index contributed by atoms with van der Waals surface area (Å²) in [4.78, 5) is 12.7. The fraction of sp³-hybridized carbons (Fsp3) is 0.462. The molecule has 16 heavy (non-hydrogen) atoms. The van der Waals surface area contributed by atoms with Gasteiger partial charge in [0, 0.05) is 24.5 Å². The molecule has 3 heteroatoms. The zero-order valence-electron chi connectivity index (χ0n) is 10.1. The lowest BCUT2D eigenvalue weighted by molar-refractivity contribution is -0.105. The molecular formula is C13H20N2O. The van der Waals surface area contributed by atoms with Gasteiger partial charge in [0.05, 0.1) is 0 Å². The molecule has 0 aliphatic rings. The van der Waals surface area contributed by atoms with Crippen LogP contribution in [0.25, 0.3) is 0 Å². The second-order valence-corrected chi connectivity index (χ2v) is 3.80. The van der Waals surface area contributed by atoms with Crippen LogP contribution in [0.3, 0.4) is 0 Å². The number of nitrogens with zero attached hydrogens (tertiary/aromatic N) is 1. The SMILES string of the molecule is CCCN(CCC)c1cccc(NC=O)c1. The minimum atomic E-state index is 0.711. The quantitative estimate of drug-likeness (QED) is 0.717. The van der Waals surface area contributed by atoms with Gasteiger partial charge in [0.15, 0.2) is 0 Å². The summed E-state index contributed by atoms with van der Waals surface area (Å²) < 4.78 is 0. The Morgan fingerprint density at radius 3 is 2.50 bits per heavy atom. The number of nitrogens with one attached hydrogen (secondary N) is 1. The van der Waals surface area contributed by atoms with Gasteiger partial charge in [-0.15, -0.1) is 0 Å². The summed E-state index contributed by atoms with van der Waals surface area (Å²) in [7, 11) is 0. The van der Waals surface area contributed by atoms with Crippen molar-refractivity contribution in [1.29, 1.82) is 0 Å². The first-order valence-corrected chi connectivity index (χ1v) is 5.87. The molecular weight excluding hydrogens is 200 g/mol. The van der Waals surface area contributed by atoms with Crippen LogP contribution in [-0.2, 0) is 4.79 Å². The summed E-state index contributed by atoms with van der Waals surface area (Å²) in [6.07, 6.45) is 2.97. The van der Waals surface area contributed by atoms with Crippen LogP contribution < -0.4 is 10.2 Å². The standard InChI is InChI=1S/C13H20N2O/c1-3-8-15(9-4-2)13-7-5-6-12(10-13)14-11-16/h5-7,10-11H,3-4,8-9H2,1-2H3,(H,14,16). The Kier molecular flexibility index (Phi) is 5.40. The molecule has 88 valence electrons. The Hall–Kier alpha value is -1.51. The van der Waals surface area contributed by atoms with Gasteiger partial charge in [0.2, 0.25) is 6.41 Å². The van der Waals surface area contributed by atoms with Crippen molar-refractivity contribution in [2.45, 2.75) is 26.7 Å². The molecule has 0 unspecified atom stereocenters. The molecule has 0 radical (unpaired) electrons. The van der Waals surface area contributed by atoms with Gasteiger partial charge in [0.1, 0.15) is 0 Å². The summed E-state index contributed by atoms with van der Waals surface area (Å²) >= 11 is 0. The third-order valence-corrected chi connectivity index (χ3v) is 2.42. The molecule has 1 aromatic carbocycles. The van der Waals surface area contributed by atoms with Crippen molar-refractivity contribution < 1.29 is 4.79 Å². The predicted octanol–water partition coefficient (Wildman–Crippen LogP) is 2.88. The second kappa shape index (κ2) is 6.88. The second-order valence-electron chi connectivity index (χ2n) is 3.80. The molecule has 0 aromatic heterocycles. The lowest BCUT2D eigenvalue weighted by atomic mass is 10.2. The van der Waals surface area contributed by atoms with Crippen LogP contribution in [0.15, 0.2) is 24.3 Å². The van der Waals surface area contributed by atoms with E-state index < -0.39 is 0 Å². The Labute approximate surface area is 97.5 Å². The normalized spacial score (nSPS) is 9.88. The first-order valence-electron chi connectivity index (χ1n) is 5.87. The Balaban J connectivity index is 2.81. The maximum absolute atomic E-state index is 10.4. The Bertz CT molecular complexity index is 319. The molecule has 1 aromatic rings. The number of hydrogen-bond donors (Lipinski definition) is 1. The summed E-state index contributed by atoms with van der Waals surface area (Å²) in [6, 6.07) is 7.97. The van der Waals surface area contributed by atoms with Crippen molar-refractivity contribution in [3.8, 4) is 0 Å². The Morgan fingerprint density at radius 2 is 1.94 bits per heavy atom. The van der Waals surface area contributed by atoms with E-state index in [1.165, 1.54) is 5.69 Å². The van der Waals surface area contributed by atoms with Gasteiger partial charge in [-0.1, -0.05) is 19.9 Å². The van der Waals surface area contributed by atoms with Crippen molar-refractivity contribution in [3.63, 3.8) is 0 Å². The molecule has 1 rings (SSSR count). The lowest BCUT2D eigenvalue weighted by Crippen LogP contribution is -2.24. The number of carbonyl (C=O) groups is 1. The van der Waals surface area contributed by atoms with Gasteiger partial charge in [-0.25, -0.2) is 0 Å². The highest BCUT2D eigenvalue weighted by Gasteiger charge is 2.04. The molecule has 1 N–H and O–H groups in total. The van der Waals surface area contributed by atoms with Crippen LogP contribution in [0, 0.1) is 0 Å². The molecule has 0 heterocycles. The molecule has 0 aliphatic heterocycles. The lowest BCUT2D eigenvalue weighted by Gasteiger charge is -2.24. The molecule has 0 aliphatic carbocycles. The molecule has 0 saturated carbocycles. The Morgan fingerprint density at radius 1 is 1.25 bits per heavy atom. The van der Waals surface area contributed by atoms with Crippen molar-refractivity contribution >= 4 is 17.8 Å². The van der Waals surface area contributed by atoms with E-state index >= 15 is 0 Å². The van der Waals surface area contributed by atoms with Crippen LogP contribution in [0.4, 0.5) is 11.4 Å². The first kappa shape index (κ1) is 12.6. The largest absolute Gasteiger partial charge is 0.371 e. The molecule has 1 amide bonds. The van der Waals surface area contributed by atoms with E-state index in [0.29, 0.717) is 6.41 Å². The number of amides is 1. The van der Waals surface area contributed by atoms with Gasteiger partial charge >= 0.3 is 0 Å². The monoisotopic (exact) mass is 220 g/mol. The summed E-state index contributed by atoms with van der Waals surface area (Å²) in [5.74, 6) is 0.